The number of ether oxygens (including phenoxy) is 2. The Morgan fingerprint density at radius 1 is 1.25 bits per heavy atom. The number of aromatic nitrogens is 2. The van der Waals surface area contributed by atoms with Crippen LogP contribution in [0.25, 0.3) is 10.9 Å². The highest BCUT2D eigenvalue weighted by molar-refractivity contribution is 6.12. The molecule has 0 bridgehead atoms. The predicted octanol–water partition coefficient (Wildman–Crippen LogP) is 2.45. The van der Waals surface area contributed by atoms with E-state index < -0.39 is 10.8 Å². The van der Waals surface area contributed by atoms with Gasteiger partial charge in [0.2, 0.25) is 6.79 Å². The first-order valence-electron chi connectivity index (χ1n) is 6.94. The van der Waals surface area contributed by atoms with Crippen LogP contribution in [-0.2, 0) is 0 Å². The fourth-order valence-electron chi connectivity index (χ4n) is 2.50. The van der Waals surface area contributed by atoms with Crippen LogP contribution >= 0.6 is 0 Å². The minimum absolute atomic E-state index is 0.131. The molecule has 0 atom stereocenters. The second-order valence-corrected chi connectivity index (χ2v) is 5.11. The summed E-state index contributed by atoms with van der Waals surface area (Å²) in [6.45, 7) is 0.131. The number of nitro benzene ring substituents is 1. The minimum Gasteiger partial charge on any atom is -0.454 e. The lowest BCUT2D eigenvalue weighted by molar-refractivity contribution is -0.384. The summed E-state index contributed by atoms with van der Waals surface area (Å²) in [5.74, 6) is 0.629. The molecular formula is C15H10N4O5. The smallest absolute Gasteiger partial charge is 0.271 e. The Morgan fingerprint density at radius 3 is 2.92 bits per heavy atom. The fraction of sp³-hybridized carbons (Fsp3) is 0.0667. The van der Waals surface area contributed by atoms with Crippen LogP contribution in [0.3, 0.4) is 0 Å². The van der Waals surface area contributed by atoms with Crippen LogP contribution in [0, 0.1) is 10.1 Å². The Labute approximate surface area is 134 Å². The molecule has 2 aromatic carbocycles. The van der Waals surface area contributed by atoms with Gasteiger partial charge in [0.25, 0.3) is 11.6 Å². The van der Waals surface area contributed by atoms with Gasteiger partial charge in [-0.25, -0.2) is 0 Å². The van der Waals surface area contributed by atoms with Crippen molar-refractivity contribution in [3.8, 4) is 11.5 Å². The maximum Gasteiger partial charge on any atom is 0.271 e. The standard InChI is InChI=1S/C15H10N4O5/c20-15(17-9-1-2-12-13(4-9)24-7-23-12)11-5-10(19(21)22)3-8-6-16-18-14(8)11/h1-6H,7H2,(H,16,18)(H,17,20). The average molecular weight is 326 g/mol. The zero-order valence-corrected chi connectivity index (χ0v) is 12.1. The van der Waals surface area contributed by atoms with Crippen LogP contribution in [0.4, 0.5) is 11.4 Å². The number of carbonyl (C=O) groups is 1. The third-order valence-corrected chi connectivity index (χ3v) is 3.62. The quantitative estimate of drug-likeness (QED) is 0.563. The lowest BCUT2D eigenvalue weighted by Crippen LogP contribution is -2.13. The number of carbonyl (C=O) groups excluding carboxylic acids is 1. The first kappa shape index (κ1) is 14.0. The van der Waals surface area contributed by atoms with E-state index in [1.807, 2.05) is 0 Å². The molecule has 4 rings (SSSR count). The minimum atomic E-state index is -0.552. The van der Waals surface area contributed by atoms with Crippen molar-refractivity contribution in [1.29, 1.82) is 0 Å². The summed E-state index contributed by atoms with van der Waals surface area (Å²) in [6, 6.07) is 7.53. The number of hydrogen-bond donors (Lipinski definition) is 2. The lowest BCUT2D eigenvalue weighted by Gasteiger charge is -2.07. The van der Waals surface area contributed by atoms with Gasteiger partial charge in [0.05, 0.1) is 22.2 Å². The monoisotopic (exact) mass is 326 g/mol. The van der Waals surface area contributed by atoms with Gasteiger partial charge in [0, 0.05) is 29.3 Å². The second kappa shape index (κ2) is 5.23. The molecule has 2 N–H and O–H groups in total. The highest BCUT2D eigenvalue weighted by Gasteiger charge is 2.19. The van der Waals surface area contributed by atoms with E-state index in [2.05, 4.69) is 15.5 Å². The van der Waals surface area contributed by atoms with E-state index >= 15 is 0 Å². The van der Waals surface area contributed by atoms with Crippen LogP contribution in [-0.4, -0.2) is 27.8 Å². The van der Waals surface area contributed by atoms with Crippen molar-refractivity contribution in [1.82, 2.24) is 10.2 Å². The van der Waals surface area contributed by atoms with Gasteiger partial charge in [-0.05, 0) is 12.1 Å². The molecule has 1 aliphatic heterocycles. The van der Waals surface area contributed by atoms with E-state index in [1.165, 1.54) is 18.3 Å². The van der Waals surface area contributed by atoms with Gasteiger partial charge in [0.15, 0.2) is 11.5 Å². The van der Waals surface area contributed by atoms with E-state index in [1.54, 1.807) is 18.2 Å². The van der Waals surface area contributed by atoms with Gasteiger partial charge in [0.1, 0.15) is 0 Å². The number of nitrogens with zero attached hydrogens (tertiary/aromatic N) is 2. The predicted molar refractivity (Wildman–Crippen MR) is 83.3 cm³/mol. The third kappa shape index (κ3) is 2.28. The number of nitro groups is 1. The molecule has 0 saturated heterocycles. The fourth-order valence-corrected chi connectivity index (χ4v) is 2.50. The normalized spacial score (nSPS) is 12.3. The van der Waals surface area contributed by atoms with Gasteiger partial charge < -0.3 is 14.8 Å². The molecule has 0 saturated carbocycles. The number of rotatable bonds is 3. The summed E-state index contributed by atoms with van der Waals surface area (Å²) in [4.78, 5) is 23.0. The molecule has 120 valence electrons. The molecule has 9 heteroatoms. The van der Waals surface area contributed by atoms with Crippen molar-refractivity contribution in [2.75, 3.05) is 12.1 Å². The van der Waals surface area contributed by atoms with Crippen molar-refractivity contribution >= 4 is 28.2 Å². The zero-order valence-electron chi connectivity index (χ0n) is 12.1. The second-order valence-electron chi connectivity index (χ2n) is 5.11. The Bertz CT molecular complexity index is 981. The molecule has 0 radical (unpaired) electrons. The number of aromatic amines is 1. The topological polar surface area (TPSA) is 119 Å². The molecule has 0 spiro atoms. The molecule has 1 aliphatic rings. The van der Waals surface area contributed by atoms with Crippen molar-refractivity contribution < 1.29 is 19.2 Å². The molecule has 2 heterocycles. The number of fused-ring (bicyclic) bond motifs is 2. The average Bonchev–Trinajstić information content (AvgIpc) is 3.21. The molecule has 0 fully saturated rings. The van der Waals surface area contributed by atoms with Crippen LogP contribution in [0.5, 0.6) is 11.5 Å². The van der Waals surface area contributed by atoms with Crippen molar-refractivity contribution in [2.45, 2.75) is 0 Å². The highest BCUT2D eigenvalue weighted by atomic mass is 16.7. The van der Waals surface area contributed by atoms with E-state index in [4.69, 9.17) is 9.47 Å². The number of H-pyrrole nitrogens is 1. The Balaban J connectivity index is 1.70. The molecule has 24 heavy (non-hydrogen) atoms. The highest BCUT2D eigenvalue weighted by Crippen LogP contribution is 2.34. The molecule has 3 aromatic rings. The first-order valence-corrected chi connectivity index (χ1v) is 6.94. The molecule has 0 aliphatic carbocycles. The number of hydrogen-bond acceptors (Lipinski definition) is 6. The zero-order chi connectivity index (χ0) is 16.7. The van der Waals surface area contributed by atoms with Gasteiger partial charge in [-0.1, -0.05) is 0 Å². The van der Waals surface area contributed by atoms with Gasteiger partial charge in [-0.3, -0.25) is 20.0 Å². The first-order chi connectivity index (χ1) is 11.6. The maximum atomic E-state index is 12.5. The summed E-state index contributed by atoms with van der Waals surface area (Å²) in [7, 11) is 0. The van der Waals surface area contributed by atoms with Crippen LogP contribution in [0.15, 0.2) is 36.5 Å². The van der Waals surface area contributed by atoms with Crippen LogP contribution in [0.2, 0.25) is 0 Å². The summed E-state index contributed by atoms with van der Waals surface area (Å²) < 4.78 is 10.5. The maximum absolute atomic E-state index is 12.5. The molecule has 1 amide bonds. The largest absolute Gasteiger partial charge is 0.454 e. The van der Waals surface area contributed by atoms with Crippen molar-refractivity contribution in [2.24, 2.45) is 0 Å². The SMILES string of the molecule is O=C(Nc1ccc2c(c1)OCO2)c1cc([N+](=O)[O-])cc2cn[nH]c12. The van der Waals surface area contributed by atoms with E-state index in [0.29, 0.717) is 28.1 Å². The van der Waals surface area contributed by atoms with Crippen LogP contribution in [0.1, 0.15) is 10.4 Å². The number of non-ortho nitro benzene ring substituents is 1. The van der Waals surface area contributed by atoms with E-state index in [0.717, 1.165) is 0 Å². The number of benzene rings is 2. The number of nitrogens with one attached hydrogen (secondary N) is 2. The number of amides is 1. The van der Waals surface area contributed by atoms with Gasteiger partial charge in [-0.2, -0.15) is 5.10 Å². The van der Waals surface area contributed by atoms with Gasteiger partial charge >= 0.3 is 0 Å². The summed E-state index contributed by atoms with van der Waals surface area (Å²) >= 11 is 0. The van der Waals surface area contributed by atoms with Gasteiger partial charge in [-0.15, -0.1) is 0 Å². The number of anilines is 1. The Hall–Kier alpha value is -3.62. The Kier molecular flexibility index (Phi) is 3.05. The van der Waals surface area contributed by atoms with E-state index in [-0.39, 0.29) is 18.0 Å². The van der Waals surface area contributed by atoms with E-state index in [9.17, 15) is 14.9 Å². The van der Waals surface area contributed by atoms with Crippen molar-refractivity contribution in [3.63, 3.8) is 0 Å². The molecule has 0 unspecified atom stereocenters. The Morgan fingerprint density at radius 2 is 2.08 bits per heavy atom. The van der Waals surface area contributed by atoms with Crippen molar-refractivity contribution in [3.05, 3.63) is 52.2 Å². The molecule has 1 aromatic heterocycles. The molecule has 9 nitrogen and oxygen atoms in total. The summed E-state index contributed by atoms with van der Waals surface area (Å²) in [6.07, 6.45) is 1.43. The molecular weight excluding hydrogens is 316 g/mol. The third-order valence-electron chi connectivity index (χ3n) is 3.62. The van der Waals surface area contributed by atoms with Crippen LogP contribution < -0.4 is 14.8 Å². The lowest BCUT2D eigenvalue weighted by atomic mass is 10.1. The summed E-state index contributed by atoms with van der Waals surface area (Å²) in [5.41, 5.74) is 0.872. The summed E-state index contributed by atoms with van der Waals surface area (Å²) in [5, 5.41) is 20.7.